The average molecular weight is 250 g/mol. The number of carboxylic acids is 1. The third kappa shape index (κ3) is 3.39. The second-order valence-electron chi connectivity index (χ2n) is 5.17. The van der Waals surface area contributed by atoms with E-state index in [-0.39, 0.29) is 11.6 Å². The van der Waals surface area contributed by atoms with Crippen molar-refractivity contribution in [2.75, 3.05) is 17.7 Å². The van der Waals surface area contributed by atoms with E-state index < -0.39 is 5.97 Å². The van der Waals surface area contributed by atoms with Crippen LogP contribution in [0.25, 0.3) is 0 Å². The zero-order valence-electron chi connectivity index (χ0n) is 11.5. The highest BCUT2D eigenvalue weighted by Crippen LogP contribution is 2.25. The Morgan fingerprint density at radius 3 is 2.50 bits per heavy atom. The molecule has 0 aliphatic rings. The molecule has 0 aliphatic heterocycles. The minimum Gasteiger partial charge on any atom is -0.478 e. The molecule has 0 aromatic heterocycles. The molecule has 0 amide bonds. The van der Waals surface area contributed by atoms with Crippen LogP contribution in [0, 0.1) is 5.92 Å². The number of nitrogen functional groups attached to an aromatic ring is 1. The number of anilines is 2. The molecule has 1 aromatic carbocycles. The smallest absolute Gasteiger partial charge is 0.337 e. The molecular weight excluding hydrogens is 228 g/mol. The van der Waals surface area contributed by atoms with Gasteiger partial charge in [-0.15, -0.1) is 0 Å². The van der Waals surface area contributed by atoms with Crippen molar-refractivity contribution >= 4 is 17.3 Å². The maximum Gasteiger partial charge on any atom is 0.337 e. The molecule has 1 unspecified atom stereocenters. The second-order valence-corrected chi connectivity index (χ2v) is 5.17. The summed E-state index contributed by atoms with van der Waals surface area (Å²) in [5, 5.41) is 9.22. The maximum absolute atomic E-state index is 11.2. The number of benzene rings is 1. The van der Waals surface area contributed by atoms with E-state index >= 15 is 0 Å². The molecule has 4 nitrogen and oxygen atoms in total. The fourth-order valence-corrected chi connectivity index (χ4v) is 2.11. The Labute approximate surface area is 108 Å². The lowest BCUT2D eigenvalue weighted by molar-refractivity contribution is 0.0697. The molecule has 0 saturated carbocycles. The Bertz CT molecular complexity index is 430. The Balaban J connectivity index is 3.04. The van der Waals surface area contributed by atoms with E-state index in [0.717, 1.165) is 6.42 Å². The van der Waals surface area contributed by atoms with Gasteiger partial charge in [-0.3, -0.25) is 0 Å². The standard InChI is InChI=1S/C14H22N2O2/c1-9(2)7-10(3)16(4)13-6-5-11(15)8-12(13)14(17)18/h5-6,8-10H,7,15H2,1-4H3,(H,17,18). The van der Waals surface area contributed by atoms with Crippen molar-refractivity contribution in [2.45, 2.75) is 33.2 Å². The molecular formula is C14H22N2O2. The van der Waals surface area contributed by atoms with Crippen LogP contribution in [0.1, 0.15) is 37.6 Å². The first-order chi connectivity index (χ1) is 8.32. The lowest BCUT2D eigenvalue weighted by Crippen LogP contribution is -2.31. The lowest BCUT2D eigenvalue weighted by Gasteiger charge is -2.29. The van der Waals surface area contributed by atoms with Gasteiger partial charge in [0.1, 0.15) is 0 Å². The number of nitrogens with two attached hydrogens (primary N) is 1. The fourth-order valence-electron chi connectivity index (χ4n) is 2.11. The predicted molar refractivity (Wildman–Crippen MR) is 75.1 cm³/mol. The van der Waals surface area contributed by atoms with Crippen LogP contribution >= 0.6 is 0 Å². The first kappa shape index (κ1) is 14.4. The van der Waals surface area contributed by atoms with E-state index in [0.29, 0.717) is 17.3 Å². The highest BCUT2D eigenvalue weighted by Gasteiger charge is 2.18. The molecule has 0 fully saturated rings. The number of aromatic carboxylic acids is 1. The molecule has 0 aliphatic carbocycles. The summed E-state index contributed by atoms with van der Waals surface area (Å²) in [7, 11) is 1.92. The first-order valence-electron chi connectivity index (χ1n) is 6.18. The Morgan fingerprint density at radius 2 is 2.00 bits per heavy atom. The van der Waals surface area contributed by atoms with E-state index in [9.17, 15) is 9.90 Å². The summed E-state index contributed by atoms with van der Waals surface area (Å²) in [4.78, 5) is 13.2. The summed E-state index contributed by atoms with van der Waals surface area (Å²) >= 11 is 0. The van der Waals surface area contributed by atoms with Crippen molar-refractivity contribution in [3.8, 4) is 0 Å². The van der Waals surface area contributed by atoms with E-state index in [1.807, 2.05) is 11.9 Å². The summed E-state index contributed by atoms with van der Waals surface area (Å²) in [6, 6.07) is 5.30. The first-order valence-corrected chi connectivity index (χ1v) is 6.18. The largest absolute Gasteiger partial charge is 0.478 e. The van der Waals surface area contributed by atoms with Gasteiger partial charge < -0.3 is 15.7 Å². The van der Waals surface area contributed by atoms with Crippen molar-refractivity contribution < 1.29 is 9.90 Å². The third-order valence-electron chi connectivity index (χ3n) is 3.10. The van der Waals surface area contributed by atoms with Crippen LogP contribution in [0.15, 0.2) is 18.2 Å². The molecule has 18 heavy (non-hydrogen) atoms. The van der Waals surface area contributed by atoms with Gasteiger partial charge in [0.2, 0.25) is 0 Å². The molecule has 1 atom stereocenters. The Hall–Kier alpha value is -1.71. The number of carboxylic acid groups (broad SMARTS) is 1. The SMILES string of the molecule is CC(C)CC(C)N(C)c1ccc(N)cc1C(=O)O. The van der Waals surface area contributed by atoms with Crippen LogP contribution in [0.3, 0.4) is 0 Å². The summed E-state index contributed by atoms with van der Waals surface area (Å²) in [6.07, 6.45) is 1.01. The topological polar surface area (TPSA) is 66.6 Å². The van der Waals surface area contributed by atoms with E-state index in [2.05, 4.69) is 20.8 Å². The zero-order valence-corrected chi connectivity index (χ0v) is 11.5. The quantitative estimate of drug-likeness (QED) is 0.789. The molecule has 0 radical (unpaired) electrons. The van der Waals surface area contributed by atoms with Crippen molar-refractivity contribution in [3.63, 3.8) is 0 Å². The Morgan fingerprint density at radius 1 is 1.39 bits per heavy atom. The van der Waals surface area contributed by atoms with Crippen LogP contribution < -0.4 is 10.6 Å². The lowest BCUT2D eigenvalue weighted by atomic mass is 10.0. The molecule has 0 bridgehead atoms. The fraction of sp³-hybridized carbons (Fsp3) is 0.500. The highest BCUT2D eigenvalue weighted by atomic mass is 16.4. The van der Waals surface area contributed by atoms with E-state index in [4.69, 9.17) is 5.73 Å². The Kier molecular flexibility index (Phi) is 4.59. The summed E-state index contributed by atoms with van der Waals surface area (Å²) in [6.45, 7) is 6.42. The van der Waals surface area contributed by atoms with Gasteiger partial charge in [-0.1, -0.05) is 13.8 Å². The van der Waals surface area contributed by atoms with Gasteiger partial charge in [-0.2, -0.15) is 0 Å². The number of carbonyl (C=O) groups is 1. The number of hydrogen-bond acceptors (Lipinski definition) is 3. The summed E-state index contributed by atoms with van der Waals surface area (Å²) in [5.41, 5.74) is 7.08. The second kappa shape index (κ2) is 5.76. The predicted octanol–water partition coefficient (Wildman–Crippen LogP) is 2.84. The average Bonchev–Trinajstić information content (AvgIpc) is 2.26. The van der Waals surface area contributed by atoms with Crippen molar-refractivity contribution in [2.24, 2.45) is 5.92 Å². The van der Waals surface area contributed by atoms with Gasteiger partial charge in [0.05, 0.1) is 11.3 Å². The summed E-state index contributed by atoms with van der Waals surface area (Å²) in [5.74, 6) is -0.370. The van der Waals surface area contributed by atoms with Gasteiger partial charge >= 0.3 is 5.97 Å². The van der Waals surface area contributed by atoms with Gasteiger partial charge in [0.25, 0.3) is 0 Å². The number of nitrogens with zero attached hydrogens (tertiary/aromatic N) is 1. The minimum atomic E-state index is -0.944. The van der Waals surface area contributed by atoms with E-state index in [1.54, 1.807) is 12.1 Å². The van der Waals surface area contributed by atoms with Gasteiger partial charge in [0.15, 0.2) is 0 Å². The molecule has 1 rings (SSSR count). The highest BCUT2D eigenvalue weighted by molar-refractivity contribution is 5.95. The van der Waals surface area contributed by atoms with Crippen molar-refractivity contribution in [3.05, 3.63) is 23.8 Å². The van der Waals surface area contributed by atoms with Crippen LogP contribution in [0.4, 0.5) is 11.4 Å². The molecule has 1 aromatic rings. The van der Waals surface area contributed by atoms with Crippen LogP contribution in [-0.2, 0) is 0 Å². The van der Waals surface area contributed by atoms with Crippen LogP contribution in [-0.4, -0.2) is 24.2 Å². The van der Waals surface area contributed by atoms with Gasteiger partial charge in [-0.25, -0.2) is 4.79 Å². The summed E-state index contributed by atoms with van der Waals surface area (Å²) < 4.78 is 0. The van der Waals surface area contributed by atoms with Gasteiger partial charge in [-0.05, 0) is 37.5 Å². The zero-order chi connectivity index (χ0) is 13.9. The monoisotopic (exact) mass is 250 g/mol. The normalized spacial score (nSPS) is 12.5. The van der Waals surface area contributed by atoms with Crippen LogP contribution in [0.2, 0.25) is 0 Å². The minimum absolute atomic E-state index is 0.258. The van der Waals surface area contributed by atoms with Crippen molar-refractivity contribution in [1.29, 1.82) is 0 Å². The molecule has 3 N–H and O–H groups in total. The molecule has 100 valence electrons. The third-order valence-corrected chi connectivity index (χ3v) is 3.10. The van der Waals surface area contributed by atoms with E-state index in [1.165, 1.54) is 6.07 Å². The molecule has 4 heteroatoms. The number of hydrogen-bond donors (Lipinski definition) is 2. The van der Waals surface area contributed by atoms with Crippen LogP contribution in [0.5, 0.6) is 0 Å². The molecule has 0 spiro atoms. The molecule has 0 saturated heterocycles. The van der Waals surface area contributed by atoms with Gasteiger partial charge in [0, 0.05) is 18.8 Å². The van der Waals surface area contributed by atoms with Crippen molar-refractivity contribution in [1.82, 2.24) is 0 Å². The molecule has 0 heterocycles. The maximum atomic E-state index is 11.2. The number of rotatable bonds is 5.